The normalized spacial score (nSPS) is 21.1. The molecule has 1 saturated heterocycles. The lowest BCUT2D eigenvalue weighted by atomic mass is 10.1. The highest BCUT2D eigenvalue weighted by atomic mass is 35.5. The van der Waals surface area contributed by atoms with Gasteiger partial charge in [0.25, 0.3) is 0 Å². The molecule has 0 radical (unpaired) electrons. The van der Waals surface area contributed by atoms with Crippen LogP contribution in [0.2, 0.25) is 5.02 Å². The van der Waals surface area contributed by atoms with Gasteiger partial charge in [0.05, 0.1) is 11.4 Å². The summed E-state index contributed by atoms with van der Waals surface area (Å²) in [5, 5.41) is 0.489. The van der Waals surface area contributed by atoms with Gasteiger partial charge in [0.1, 0.15) is 13.2 Å². The van der Waals surface area contributed by atoms with Gasteiger partial charge in [-0.3, -0.25) is 4.79 Å². The molecule has 108 valence electrons. The molecule has 2 aliphatic rings. The van der Waals surface area contributed by atoms with Crippen LogP contribution >= 0.6 is 11.6 Å². The second-order valence-electron chi connectivity index (χ2n) is 5.17. The highest BCUT2D eigenvalue weighted by Crippen LogP contribution is 2.38. The molecule has 1 fully saturated rings. The number of fused-ring (bicyclic) bond motifs is 1. The van der Waals surface area contributed by atoms with Crippen LogP contribution in [0.15, 0.2) is 12.1 Å². The molecule has 0 unspecified atom stereocenters. The zero-order valence-electron chi connectivity index (χ0n) is 11.1. The molecular weight excluding hydrogens is 280 g/mol. The lowest BCUT2D eigenvalue weighted by molar-refractivity contribution is -0.129. The van der Waals surface area contributed by atoms with E-state index in [2.05, 4.69) is 0 Å². The van der Waals surface area contributed by atoms with E-state index in [1.807, 2.05) is 6.07 Å². The number of benzene rings is 1. The molecule has 0 bridgehead atoms. The molecule has 20 heavy (non-hydrogen) atoms. The molecule has 2 N–H and O–H groups in total. The Bertz CT molecular complexity index is 535. The van der Waals surface area contributed by atoms with E-state index in [1.54, 1.807) is 11.0 Å². The molecule has 1 aromatic rings. The monoisotopic (exact) mass is 296 g/mol. The summed E-state index contributed by atoms with van der Waals surface area (Å²) < 4.78 is 11.0. The molecule has 1 amide bonds. The van der Waals surface area contributed by atoms with Crippen molar-refractivity contribution in [2.45, 2.75) is 18.9 Å². The first kappa shape index (κ1) is 13.5. The van der Waals surface area contributed by atoms with Crippen molar-refractivity contribution >= 4 is 17.5 Å². The maximum atomic E-state index is 12.2. The third-order valence-corrected chi connectivity index (χ3v) is 3.87. The summed E-state index contributed by atoms with van der Waals surface area (Å²) in [6, 6.07) is 3.69. The average Bonchev–Trinajstić information content (AvgIpc) is 2.86. The minimum Gasteiger partial charge on any atom is -0.486 e. The first-order valence-electron chi connectivity index (χ1n) is 6.75. The molecular formula is C14H17ClN2O3. The first-order chi connectivity index (χ1) is 9.63. The van der Waals surface area contributed by atoms with E-state index in [9.17, 15) is 4.79 Å². The van der Waals surface area contributed by atoms with Crippen LogP contribution in [-0.4, -0.2) is 43.2 Å². The van der Waals surface area contributed by atoms with Crippen LogP contribution in [0.5, 0.6) is 11.5 Å². The Morgan fingerprint density at radius 1 is 1.40 bits per heavy atom. The third kappa shape index (κ3) is 2.69. The Hall–Kier alpha value is -1.46. The Kier molecular flexibility index (Phi) is 3.72. The minimum atomic E-state index is 0.0747. The van der Waals surface area contributed by atoms with Crippen molar-refractivity contribution in [3.63, 3.8) is 0 Å². The molecule has 1 atom stereocenters. The smallest absolute Gasteiger partial charge is 0.227 e. The summed E-state index contributed by atoms with van der Waals surface area (Å²) in [7, 11) is 0. The van der Waals surface area contributed by atoms with Crippen LogP contribution in [0, 0.1) is 0 Å². The lowest BCUT2D eigenvalue weighted by Gasteiger charge is -2.21. The van der Waals surface area contributed by atoms with Crippen LogP contribution in [-0.2, 0) is 11.2 Å². The minimum absolute atomic E-state index is 0.0747. The fourth-order valence-corrected chi connectivity index (χ4v) is 2.85. The second kappa shape index (κ2) is 5.50. The number of halogens is 1. The third-order valence-electron chi connectivity index (χ3n) is 3.59. The summed E-state index contributed by atoms with van der Waals surface area (Å²) in [4.78, 5) is 14.0. The Labute approximate surface area is 122 Å². The molecule has 0 spiro atoms. The quantitative estimate of drug-likeness (QED) is 0.891. The largest absolute Gasteiger partial charge is 0.486 e. The van der Waals surface area contributed by atoms with Crippen molar-refractivity contribution < 1.29 is 14.3 Å². The number of nitrogens with two attached hydrogens (primary N) is 1. The van der Waals surface area contributed by atoms with Gasteiger partial charge >= 0.3 is 0 Å². The van der Waals surface area contributed by atoms with E-state index >= 15 is 0 Å². The maximum Gasteiger partial charge on any atom is 0.227 e. The molecule has 2 aliphatic heterocycles. The average molecular weight is 297 g/mol. The molecule has 5 nitrogen and oxygen atoms in total. The number of amides is 1. The van der Waals surface area contributed by atoms with E-state index in [0.29, 0.717) is 42.7 Å². The number of likely N-dealkylation sites (tertiary alicyclic amines) is 1. The zero-order valence-corrected chi connectivity index (χ0v) is 11.9. The van der Waals surface area contributed by atoms with Gasteiger partial charge in [-0.05, 0) is 24.1 Å². The highest BCUT2D eigenvalue weighted by Gasteiger charge is 2.24. The van der Waals surface area contributed by atoms with Crippen LogP contribution in [0.1, 0.15) is 12.0 Å². The van der Waals surface area contributed by atoms with Crippen LogP contribution in [0.4, 0.5) is 0 Å². The van der Waals surface area contributed by atoms with Gasteiger partial charge in [-0.1, -0.05) is 11.6 Å². The maximum absolute atomic E-state index is 12.2. The van der Waals surface area contributed by atoms with Crippen LogP contribution < -0.4 is 15.2 Å². The number of nitrogens with zero attached hydrogens (tertiary/aromatic N) is 1. The fourth-order valence-electron chi connectivity index (χ4n) is 2.57. The van der Waals surface area contributed by atoms with Gasteiger partial charge in [-0.25, -0.2) is 0 Å². The number of carbonyl (C=O) groups excluding carboxylic acids is 1. The first-order valence-corrected chi connectivity index (χ1v) is 7.12. The van der Waals surface area contributed by atoms with Crippen LogP contribution in [0.3, 0.4) is 0 Å². The molecule has 6 heteroatoms. The summed E-state index contributed by atoms with van der Waals surface area (Å²) in [6.07, 6.45) is 1.18. The zero-order chi connectivity index (χ0) is 14.1. The second-order valence-corrected chi connectivity index (χ2v) is 5.57. The van der Waals surface area contributed by atoms with E-state index in [1.165, 1.54) is 0 Å². The van der Waals surface area contributed by atoms with Gasteiger partial charge in [0.2, 0.25) is 5.91 Å². The Morgan fingerprint density at radius 2 is 2.20 bits per heavy atom. The Balaban J connectivity index is 1.74. The van der Waals surface area contributed by atoms with Crippen molar-refractivity contribution in [3.8, 4) is 11.5 Å². The van der Waals surface area contributed by atoms with Crippen molar-refractivity contribution in [2.24, 2.45) is 5.73 Å². The fraction of sp³-hybridized carbons (Fsp3) is 0.500. The van der Waals surface area contributed by atoms with Gasteiger partial charge in [0, 0.05) is 19.1 Å². The lowest BCUT2D eigenvalue weighted by Crippen LogP contribution is -2.32. The van der Waals surface area contributed by atoms with Gasteiger partial charge in [-0.2, -0.15) is 0 Å². The van der Waals surface area contributed by atoms with E-state index in [-0.39, 0.29) is 11.9 Å². The summed E-state index contributed by atoms with van der Waals surface area (Å²) in [6.45, 7) is 2.37. The van der Waals surface area contributed by atoms with Gasteiger partial charge in [0.15, 0.2) is 11.5 Å². The predicted molar refractivity (Wildman–Crippen MR) is 75.3 cm³/mol. The summed E-state index contributed by atoms with van der Waals surface area (Å²) in [5.41, 5.74) is 6.66. The molecule has 0 aromatic heterocycles. The predicted octanol–water partition coefficient (Wildman–Crippen LogP) is 1.21. The molecule has 3 rings (SSSR count). The standard InChI is InChI=1S/C14H17ClN2O3/c15-11-5-9(6-12-14(11)20-4-3-19-12)7-13(18)17-2-1-10(16)8-17/h5-6,10H,1-4,7-8,16H2/t10-/m1/s1. The van der Waals surface area contributed by atoms with Crippen molar-refractivity contribution in [1.29, 1.82) is 0 Å². The highest BCUT2D eigenvalue weighted by molar-refractivity contribution is 6.32. The molecule has 2 heterocycles. The molecule has 1 aromatic carbocycles. The Morgan fingerprint density at radius 3 is 2.95 bits per heavy atom. The number of ether oxygens (including phenoxy) is 2. The van der Waals surface area contributed by atoms with Gasteiger partial charge < -0.3 is 20.1 Å². The number of carbonyl (C=O) groups is 1. The van der Waals surface area contributed by atoms with E-state index in [0.717, 1.165) is 18.5 Å². The number of rotatable bonds is 2. The van der Waals surface area contributed by atoms with Crippen molar-refractivity contribution in [3.05, 3.63) is 22.7 Å². The van der Waals surface area contributed by atoms with Crippen LogP contribution in [0.25, 0.3) is 0 Å². The molecule has 0 aliphatic carbocycles. The molecule has 0 saturated carbocycles. The van der Waals surface area contributed by atoms with E-state index in [4.69, 9.17) is 26.8 Å². The number of hydrogen-bond donors (Lipinski definition) is 1. The summed E-state index contributed by atoms with van der Waals surface area (Å²) in [5.74, 6) is 1.26. The van der Waals surface area contributed by atoms with Crippen molar-refractivity contribution in [1.82, 2.24) is 4.90 Å². The topological polar surface area (TPSA) is 64.8 Å². The number of hydrogen-bond acceptors (Lipinski definition) is 4. The van der Waals surface area contributed by atoms with Crippen molar-refractivity contribution in [2.75, 3.05) is 26.3 Å². The van der Waals surface area contributed by atoms with Gasteiger partial charge in [-0.15, -0.1) is 0 Å². The van der Waals surface area contributed by atoms with E-state index < -0.39 is 0 Å². The summed E-state index contributed by atoms with van der Waals surface area (Å²) >= 11 is 6.16. The SMILES string of the molecule is N[C@@H]1CCN(C(=O)Cc2cc(Cl)c3c(c2)OCCO3)C1.